The number of aryl methyl sites for hydroxylation is 2. The van der Waals surface area contributed by atoms with Crippen molar-refractivity contribution in [3.8, 4) is 11.4 Å². The molecule has 0 saturated carbocycles. The van der Waals surface area contributed by atoms with Crippen LogP contribution in [0.4, 0.5) is 13.2 Å². The van der Waals surface area contributed by atoms with Crippen molar-refractivity contribution in [3.63, 3.8) is 0 Å². The standard InChI is InChI=1S/C34H50ClF3N2S/c1-4-7-9-11-13-15-17-19-21-26-29(34(36,37)38)27(22-20-18-16-14-12-10-8-5-2)31-32(30(26)35)40-33(39-31)25-23-24-41-28(25)6-3/h23-24H,4-22H2,1-3H3,(H,39,40). The van der Waals surface area contributed by atoms with E-state index < -0.39 is 11.7 Å². The van der Waals surface area contributed by atoms with Gasteiger partial charge in [0.2, 0.25) is 0 Å². The van der Waals surface area contributed by atoms with Gasteiger partial charge >= 0.3 is 6.18 Å². The summed E-state index contributed by atoms with van der Waals surface area (Å²) in [4.78, 5) is 9.32. The molecule has 0 aliphatic carbocycles. The molecule has 0 aliphatic rings. The predicted octanol–water partition coefficient (Wildman–Crippen LogP) is 12.9. The number of H-pyrrole nitrogens is 1. The van der Waals surface area contributed by atoms with Gasteiger partial charge in [0, 0.05) is 10.4 Å². The predicted molar refractivity (Wildman–Crippen MR) is 171 cm³/mol. The molecule has 0 fully saturated rings. The molecule has 0 atom stereocenters. The van der Waals surface area contributed by atoms with Crippen LogP contribution in [-0.2, 0) is 25.4 Å². The molecule has 7 heteroatoms. The van der Waals surface area contributed by atoms with Gasteiger partial charge in [-0.05, 0) is 54.7 Å². The topological polar surface area (TPSA) is 28.7 Å². The zero-order valence-corrected chi connectivity index (χ0v) is 27.0. The molecule has 0 unspecified atom stereocenters. The first kappa shape index (κ1) is 34.0. The molecule has 0 bridgehead atoms. The minimum absolute atomic E-state index is 0.196. The second-order valence-electron chi connectivity index (χ2n) is 11.5. The molecule has 41 heavy (non-hydrogen) atoms. The number of imidazole rings is 1. The van der Waals surface area contributed by atoms with Crippen molar-refractivity contribution < 1.29 is 13.2 Å². The van der Waals surface area contributed by atoms with Crippen LogP contribution in [0.15, 0.2) is 11.4 Å². The molecule has 0 radical (unpaired) electrons. The molecule has 0 aliphatic heterocycles. The second kappa shape index (κ2) is 17.6. The molecule has 0 saturated heterocycles. The van der Waals surface area contributed by atoms with Crippen molar-refractivity contribution in [2.24, 2.45) is 0 Å². The summed E-state index contributed by atoms with van der Waals surface area (Å²) in [5.41, 5.74) is 1.97. The summed E-state index contributed by atoms with van der Waals surface area (Å²) >= 11 is 8.49. The maximum absolute atomic E-state index is 14.8. The Morgan fingerprint density at radius 3 is 1.78 bits per heavy atom. The number of unbranched alkanes of at least 4 members (excludes halogenated alkanes) is 14. The Morgan fingerprint density at radius 1 is 0.756 bits per heavy atom. The van der Waals surface area contributed by atoms with Gasteiger partial charge in [0.25, 0.3) is 0 Å². The highest BCUT2D eigenvalue weighted by atomic mass is 35.5. The highest BCUT2D eigenvalue weighted by Crippen LogP contribution is 2.44. The van der Waals surface area contributed by atoms with Crippen molar-refractivity contribution in [3.05, 3.63) is 38.0 Å². The number of hydrogen-bond acceptors (Lipinski definition) is 2. The zero-order valence-electron chi connectivity index (χ0n) is 25.5. The monoisotopic (exact) mass is 610 g/mol. The van der Waals surface area contributed by atoms with Gasteiger partial charge in [-0.2, -0.15) is 13.2 Å². The van der Waals surface area contributed by atoms with Crippen LogP contribution in [0.3, 0.4) is 0 Å². The van der Waals surface area contributed by atoms with E-state index in [2.05, 4.69) is 25.8 Å². The van der Waals surface area contributed by atoms with Crippen LogP contribution in [0.1, 0.15) is 145 Å². The number of aromatic nitrogens is 2. The van der Waals surface area contributed by atoms with Crippen molar-refractivity contribution in [1.29, 1.82) is 0 Å². The Hall–Kier alpha value is -1.53. The van der Waals surface area contributed by atoms with E-state index in [4.69, 9.17) is 16.6 Å². The molecule has 0 amide bonds. The lowest BCUT2D eigenvalue weighted by atomic mass is 9.91. The van der Waals surface area contributed by atoms with Crippen molar-refractivity contribution in [1.82, 2.24) is 9.97 Å². The Bertz CT molecular complexity index is 1180. The van der Waals surface area contributed by atoms with Crippen LogP contribution in [0.5, 0.6) is 0 Å². The van der Waals surface area contributed by atoms with Crippen LogP contribution in [0.2, 0.25) is 5.02 Å². The summed E-state index contributed by atoms with van der Waals surface area (Å²) in [6, 6.07) is 2.00. The maximum Gasteiger partial charge on any atom is 0.417 e. The van der Waals surface area contributed by atoms with E-state index >= 15 is 0 Å². The summed E-state index contributed by atoms with van der Waals surface area (Å²) in [5.74, 6) is 0.620. The van der Waals surface area contributed by atoms with Crippen LogP contribution in [-0.4, -0.2) is 9.97 Å². The number of hydrogen-bond donors (Lipinski definition) is 1. The van der Waals surface area contributed by atoms with Gasteiger partial charge in [0.05, 0.1) is 21.6 Å². The molecule has 230 valence electrons. The minimum Gasteiger partial charge on any atom is -0.337 e. The number of nitrogens with one attached hydrogen (secondary N) is 1. The average Bonchev–Trinajstić information content (AvgIpc) is 3.60. The summed E-state index contributed by atoms with van der Waals surface area (Å²) in [6.45, 7) is 6.49. The van der Waals surface area contributed by atoms with Crippen LogP contribution in [0.25, 0.3) is 22.4 Å². The number of rotatable bonds is 20. The van der Waals surface area contributed by atoms with E-state index in [1.807, 2.05) is 11.4 Å². The fraction of sp³-hybridized carbons (Fsp3) is 0.676. The van der Waals surface area contributed by atoms with E-state index in [0.717, 1.165) is 56.9 Å². The van der Waals surface area contributed by atoms with Crippen molar-refractivity contribution in [2.45, 2.75) is 149 Å². The lowest BCUT2D eigenvalue weighted by Crippen LogP contribution is -2.15. The summed E-state index contributed by atoms with van der Waals surface area (Å²) < 4.78 is 44.5. The Morgan fingerprint density at radius 2 is 1.27 bits per heavy atom. The van der Waals surface area contributed by atoms with Gasteiger partial charge in [0.15, 0.2) is 0 Å². The molecule has 2 heterocycles. The second-order valence-corrected chi connectivity index (χ2v) is 12.9. The molecule has 2 nitrogen and oxygen atoms in total. The highest BCUT2D eigenvalue weighted by Gasteiger charge is 2.39. The number of nitrogens with zero attached hydrogens (tertiary/aromatic N) is 1. The Balaban J connectivity index is 1.89. The molecule has 1 N–H and O–H groups in total. The third-order valence-corrected chi connectivity index (χ3v) is 9.73. The fourth-order valence-corrected chi connectivity index (χ4v) is 7.11. The van der Waals surface area contributed by atoms with Crippen LogP contribution >= 0.6 is 22.9 Å². The number of benzene rings is 1. The van der Waals surface area contributed by atoms with E-state index in [-0.39, 0.29) is 10.6 Å². The molecule has 0 spiro atoms. The largest absolute Gasteiger partial charge is 0.417 e. The van der Waals surface area contributed by atoms with Gasteiger partial charge < -0.3 is 4.98 Å². The van der Waals surface area contributed by atoms with E-state index in [1.165, 1.54) is 56.2 Å². The van der Waals surface area contributed by atoms with E-state index in [0.29, 0.717) is 41.7 Å². The van der Waals surface area contributed by atoms with Gasteiger partial charge in [-0.15, -0.1) is 11.3 Å². The smallest absolute Gasteiger partial charge is 0.337 e. The normalized spacial score (nSPS) is 12.2. The molecular formula is C34H50ClF3N2S. The van der Waals surface area contributed by atoms with E-state index in [9.17, 15) is 13.2 Å². The molecule has 2 aromatic heterocycles. The summed E-state index contributed by atoms with van der Waals surface area (Å²) in [6.07, 6.45) is 14.6. The lowest BCUT2D eigenvalue weighted by molar-refractivity contribution is -0.138. The first-order valence-corrected chi connectivity index (χ1v) is 17.5. The maximum atomic E-state index is 14.8. The summed E-state index contributed by atoms with van der Waals surface area (Å²) in [7, 11) is 0. The van der Waals surface area contributed by atoms with Gasteiger partial charge in [0.1, 0.15) is 5.82 Å². The molecule has 3 rings (SSSR count). The third-order valence-electron chi connectivity index (χ3n) is 8.24. The Kier molecular flexibility index (Phi) is 14.5. The highest BCUT2D eigenvalue weighted by molar-refractivity contribution is 7.10. The third kappa shape index (κ3) is 9.74. The van der Waals surface area contributed by atoms with Crippen LogP contribution in [0, 0.1) is 0 Å². The SMILES string of the molecule is CCCCCCCCCCc1c(C(F)(F)F)c(CCCCCCCCCC)c2nc(-c3ccsc3CC)[nH]c2c1Cl. The average molecular weight is 611 g/mol. The number of halogens is 4. The quantitative estimate of drug-likeness (QED) is 0.127. The zero-order chi connectivity index (χ0) is 29.7. The Labute approximate surface area is 254 Å². The number of fused-ring (bicyclic) bond motifs is 1. The first-order chi connectivity index (χ1) is 19.8. The van der Waals surface area contributed by atoms with Gasteiger partial charge in [-0.25, -0.2) is 4.98 Å². The lowest BCUT2D eigenvalue weighted by Gasteiger charge is -2.20. The number of thiophene rings is 1. The molecular weight excluding hydrogens is 561 g/mol. The number of aromatic amines is 1. The first-order valence-electron chi connectivity index (χ1n) is 16.2. The minimum atomic E-state index is -4.47. The number of alkyl halides is 3. The molecule has 1 aromatic carbocycles. The molecule has 3 aromatic rings. The van der Waals surface area contributed by atoms with E-state index in [1.54, 1.807) is 11.3 Å². The van der Waals surface area contributed by atoms with Crippen LogP contribution < -0.4 is 0 Å². The van der Waals surface area contributed by atoms with Crippen molar-refractivity contribution >= 4 is 34.0 Å². The van der Waals surface area contributed by atoms with Crippen molar-refractivity contribution in [2.75, 3.05) is 0 Å². The fourth-order valence-electron chi connectivity index (χ4n) is 5.96. The van der Waals surface area contributed by atoms with Gasteiger partial charge in [-0.1, -0.05) is 122 Å². The summed E-state index contributed by atoms with van der Waals surface area (Å²) in [5, 5.41) is 2.21. The van der Waals surface area contributed by atoms with Gasteiger partial charge in [-0.3, -0.25) is 0 Å².